The molecule has 0 aromatic heterocycles. The molecule has 0 radical (unpaired) electrons. The van der Waals surface area contributed by atoms with Gasteiger partial charge in [0.1, 0.15) is 0 Å². The molecule has 2 aliphatic rings. The van der Waals surface area contributed by atoms with Gasteiger partial charge in [0.05, 0.1) is 19.3 Å². The molecule has 1 saturated carbocycles. The van der Waals surface area contributed by atoms with Gasteiger partial charge in [0, 0.05) is 25.0 Å². The van der Waals surface area contributed by atoms with Gasteiger partial charge in [0.25, 0.3) is 0 Å². The van der Waals surface area contributed by atoms with Crippen molar-refractivity contribution in [2.24, 2.45) is 5.92 Å². The quantitative estimate of drug-likeness (QED) is 0.581. The summed E-state index contributed by atoms with van der Waals surface area (Å²) in [6, 6.07) is 0.187. The van der Waals surface area contributed by atoms with Crippen LogP contribution in [0.3, 0.4) is 0 Å². The second-order valence-corrected chi connectivity index (χ2v) is 6.01. The van der Waals surface area contributed by atoms with Gasteiger partial charge in [-0.3, -0.25) is 0 Å². The highest BCUT2D eigenvalue weighted by atomic mass is 16.5. The smallest absolute Gasteiger partial charge is 0.317 e. The number of hydrogen-bond donors (Lipinski definition) is 2. The highest BCUT2D eigenvalue weighted by molar-refractivity contribution is 5.74. The monoisotopic (exact) mass is 296 g/mol. The molecule has 5 nitrogen and oxygen atoms in total. The van der Waals surface area contributed by atoms with E-state index in [9.17, 15) is 9.90 Å². The van der Waals surface area contributed by atoms with Gasteiger partial charge in [0.2, 0.25) is 0 Å². The Bertz CT molecular complexity index is 348. The molecule has 0 aromatic rings. The maximum Gasteiger partial charge on any atom is 0.317 e. The van der Waals surface area contributed by atoms with Gasteiger partial charge >= 0.3 is 6.03 Å². The van der Waals surface area contributed by atoms with Gasteiger partial charge < -0.3 is 20.1 Å². The molecule has 0 bridgehead atoms. The zero-order valence-corrected chi connectivity index (χ0v) is 12.8. The zero-order valence-electron chi connectivity index (χ0n) is 12.8. The van der Waals surface area contributed by atoms with Gasteiger partial charge in [-0.25, -0.2) is 4.79 Å². The van der Waals surface area contributed by atoms with Gasteiger partial charge in [-0.2, -0.15) is 0 Å². The normalized spacial score (nSPS) is 29.4. The summed E-state index contributed by atoms with van der Waals surface area (Å²) in [5.74, 6) is 0.254. The lowest BCUT2D eigenvalue weighted by Gasteiger charge is -2.37. The van der Waals surface area contributed by atoms with Crippen molar-refractivity contribution in [1.29, 1.82) is 0 Å². The van der Waals surface area contributed by atoms with E-state index >= 15 is 0 Å². The summed E-state index contributed by atoms with van der Waals surface area (Å²) in [6.45, 7) is 5.91. The SMILES string of the molecule is C=CCOCCNC(=O)N1CCC[C@@H]1[C@H]1CCCC[C@H]1O. The van der Waals surface area contributed by atoms with Crippen LogP contribution in [-0.4, -0.2) is 54.5 Å². The number of likely N-dealkylation sites (tertiary alicyclic amines) is 1. The molecule has 1 aliphatic carbocycles. The first-order valence-electron chi connectivity index (χ1n) is 8.15. The molecule has 21 heavy (non-hydrogen) atoms. The van der Waals surface area contributed by atoms with Crippen LogP contribution in [0.2, 0.25) is 0 Å². The fraction of sp³-hybridized carbons (Fsp3) is 0.812. The van der Waals surface area contributed by atoms with Crippen LogP contribution >= 0.6 is 0 Å². The molecular formula is C16H28N2O3. The molecule has 1 saturated heterocycles. The number of carbonyl (C=O) groups excluding carboxylic acids is 1. The van der Waals surface area contributed by atoms with E-state index < -0.39 is 0 Å². The number of aliphatic hydroxyl groups excluding tert-OH is 1. The first-order chi connectivity index (χ1) is 10.2. The predicted octanol–water partition coefficient (Wildman–Crippen LogP) is 1.91. The minimum absolute atomic E-state index is 0.0162. The average Bonchev–Trinajstić information content (AvgIpc) is 2.96. The van der Waals surface area contributed by atoms with Crippen molar-refractivity contribution in [2.75, 3.05) is 26.3 Å². The molecule has 5 heteroatoms. The van der Waals surface area contributed by atoms with Gasteiger partial charge in [-0.1, -0.05) is 18.9 Å². The third kappa shape index (κ3) is 4.45. The second kappa shape index (κ2) is 8.39. The predicted molar refractivity (Wildman–Crippen MR) is 82.1 cm³/mol. The fourth-order valence-electron chi connectivity index (χ4n) is 3.58. The molecule has 2 N–H and O–H groups in total. The van der Waals surface area contributed by atoms with Gasteiger partial charge in [0.15, 0.2) is 0 Å². The van der Waals surface area contributed by atoms with E-state index in [1.54, 1.807) is 6.08 Å². The number of hydrogen-bond acceptors (Lipinski definition) is 3. The number of rotatable bonds is 6. The Balaban J connectivity index is 1.80. The average molecular weight is 296 g/mol. The van der Waals surface area contributed by atoms with Crippen molar-refractivity contribution < 1.29 is 14.6 Å². The van der Waals surface area contributed by atoms with E-state index in [4.69, 9.17) is 4.74 Å². The van der Waals surface area contributed by atoms with E-state index in [1.165, 1.54) is 6.42 Å². The van der Waals surface area contributed by atoms with Crippen LogP contribution < -0.4 is 5.32 Å². The largest absolute Gasteiger partial charge is 0.393 e. The number of nitrogens with zero attached hydrogens (tertiary/aromatic N) is 1. The number of aliphatic hydroxyl groups is 1. The topological polar surface area (TPSA) is 61.8 Å². The molecule has 0 aromatic carbocycles. The molecular weight excluding hydrogens is 268 g/mol. The summed E-state index contributed by atoms with van der Waals surface area (Å²) in [5.41, 5.74) is 0. The summed E-state index contributed by atoms with van der Waals surface area (Å²) in [6.07, 6.45) is 7.71. The Labute approximate surface area is 127 Å². The first-order valence-corrected chi connectivity index (χ1v) is 8.15. The molecule has 3 atom stereocenters. The molecule has 120 valence electrons. The maximum absolute atomic E-state index is 12.3. The van der Waals surface area contributed by atoms with Crippen molar-refractivity contribution >= 4 is 6.03 Å². The van der Waals surface area contributed by atoms with E-state index in [0.29, 0.717) is 19.8 Å². The number of ether oxygens (including phenoxy) is 1. The highest BCUT2D eigenvalue weighted by Gasteiger charge is 2.38. The van der Waals surface area contributed by atoms with E-state index in [2.05, 4.69) is 11.9 Å². The van der Waals surface area contributed by atoms with Crippen LogP contribution in [0.4, 0.5) is 4.79 Å². The molecule has 2 amide bonds. The number of nitrogens with one attached hydrogen (secondary N) is 1. The van der Waals surface area contributed by atoms with Gasteiger partial charge in [-0.05, 0) is 25.7 Å². The lowest BCUT2D eigenvalue weighted by atomic mass is 9.80. The Morgan fingerprint density at radius 2 is 2.14 bits per heavy atom. The maximum atomic E-state index is 12.3. The minimum atomic E-state index is -0.243. The molecule has 0 unspecified atom stereocenters. The Kier molecular flexibility index (Phi) is 6.51. The molecule has 2 rings (SSSR count). The van der Waals surface area contributed by atoms with Crippen LogP contribution in [-0.2, 0) is 4.74 Å². The van der Waals surface area contributed by atoms with Crippen molar-refractivity contribution in [2.45, 2.75) is 50.7 Å². The summed E-state index contributed by atoms with van der Waals surface area (Å²) < 4.78 is 5.26. The Hall–Kier alpha value is -1.07. The third-order valence-electron chi connectivity index (χ3n) is 4.59. The summed E-state index contributed by atoms with van der Waals surface area (Å²) in [5, 5.41) is 13.1. The Morgan fingerprint density at radius 3 is 2.90 bits per heavy atom. The molecule has 1 aliphatic heterocycles. The lowest BCUT2D eigenvalue weighted by Crippen LogP contribution is -2.49. The lowest BCUT2D eigenvalue weighted by molar-refractivity contribution is 0.0305. The number of amides is 2. The standard InChI is InChI=1S/C16H28N2O3/c1-2-11-21-12-9-17-16(20)18-10-5-7-14(18)13-6-3-4-8-15(13)19/h2,13-15,19H,1,3-12H2,(H,17,20)/t13-,14-,15-/m1/s1. The third-order valence-corrected chi connectivity index (χ3v) is 4.59. The summed E-state index contributed by atoms with van der Waals surface area (Å²) in [7, 11) is 0. The van der Waals surface area contributed by atoms with Crippen LogP contribution in [0.15, 0.2) is 12.7 Å². The summed E-state index contributed by atoms with van der Waals surface area (Å²) in [4.78, 5) is 14.2. The second-order valence-electron chi connectivity index (χ2n) is 6.01. The molecule has 0 spiro atoms. The van der Waals surface area contributed by atoms with Crippen molar-refractivity contribution in [1.82, 2.24) is 10.2 Å². The number of urea groups is 1. The van der Waals surface area contributed by atoms with E-state index in [1.807, 2.05) is 4.90 Å². The molecule has 2 fully saturated rings. The van der Waals surface area contributed by atoms with Crippen LogP contribution in [0.1, 0.15) is 38.5 Å². The van der Waals surface area contributed by atoms with Crippen molar-refractivity contribution in [3.05, 3.63) is 12.7 Å². The zero-order chi connectivity index (χ0) is 15.1. The van der Waals surface area contributed by atoms with Gasteiger partial charge in [-0.15, -0.1) is 6.58 Å². The fourth-order valence-corrected chi connectivity index (χ4v) is 3.58. The molecule has 1 heterocycles. The van der Waals surface area contributed by atoms with E-state index in [-0.39, 0.29) is 24.1 Å². The van der Waals surface area contributed by atoms with Crippen molar-refractivity contribution in [3.8, 4) is 0 Å². The van der Waals surface area contributed by atoms with Crippen molar-refractivity contribution in [3.63, 3.8) is 0 Å². The highest BCUT2D eigenvalue weighted by Crippen LogP contribution is 2.34. The van der Waals surface area contributed by atoms with E-state index in [0.717, 1.165) is 38.6 Å². The number of carbonyl (C=O) groups is 1. The minimum Gasteiger partial charge on any atom is -0.393 e. The van der Waals surface area contributed by atoms with Crippen LogP contribution in [0, 0.1) is 5.92 Å². The first kappa shape index (κ1) is 16.3. The Morgan fingerprint density at radius 1 is 1.33 bits per heavy atom. The summed E-state index contributed by atoms with van der Waals surface area (Å²) >= 11 is 0. The van der Waals surface area contributed by atoms with Crippen LogP contribution in [0.5, 0.6) is 0 Å². The van der Waals surface area contributed by atoms with Crippen LogP contribution in [0.25, 0.3) is 0 Å².